The Morgan fingerprint density at radius 2 is 0.714 bits per heavy atom. The maximum atomic E-state index is 12.5. The van der Waals surface area contributed by atoms with Crippen LogP contribution in [0.5, 0.6) is 0 Å². The molecule has 0 aromatic carbocycles. The zero-order chi connectivity index (χ0) is 40.8. The van der Waals surface area contributed by atoms with Gasteiger partial charge < -0.3 is 20.6 Å². The summed E-state index contributed by atoms with van der Waals surface area (Å²) in [6.45, 7) is 4.28. The molecule has 0 fully saturated rings. The lowest BCUT2D eigenvalue weighted by Gasteiger charge is -2.23. The van der Waals surface area contributed by atoms with Crippen molar-refractivity contribution in [1.29, 1.82) is 0 Å². The van der Waals surface area contributed by atoms with Gasteiger partial charge in [0.15, 0.2) is 0 Å². The Morgan fingerprint density at radius 1 is 0.429 bits per heavy atom. The molecule has 3 atom stereocenters. The Morgan fingerprint density at radius 3 is 1.04 bits per heavy atom. The van der Waals surface area contributed by atoms with E-state index < -0.39 is 18.2 Å². The molecule has 3 unspecified atom stereocenters. The van der Waals surface area contributed by atoms with Gasteiger partial charge in [0.05, 0.1) is 31.3 Å². The highest BCUT2D eigenvalue weighted by Crippen LogP contribution is 2.17. The van der Waals surface area contributed by atoms with Crippen LogP contribution in [0.1, 0.15) is 284 Å². The maximum Gasteiger partial charge on any atom is 0.222 e. The van der Waals surface area contributed by atoms with Crippen molar-refractivity contribution in [2.45, 2.75) is 302 Å². The summed E-state index contributed by atoms with van der Waals surface area (Å²) in [4.78, 5) is 12.5. The molecule has 0 rings (SSSR count). The van der Waals surface area contributed by atoms with E-state index in [-0.39, 0.29) is 18.9 Å². The van der Waals surface area contributed by atoms with Gasteiger partial charge in [-0.2, -0.15) is 0 Å². The largest absolute Gasteiger partial charge is 0.394 e. The molecule has 1 amide bonds. The van der Waals surface area contributed by atoms with Crippen molar-refractivity contribution in [1.82, 2.24) is 5.32 Å². The number of nitrogens with one attached hydrogen (secondary N) is 1. The number of aliphatic hydroxyl groups excluding tert-OH is 3. The van der Waals surface area contributed by atoms with E-state index in [2.05, 4.69) is 31.3 Å². The van der Waals surface area contributed by atoms with Crippen LogP contribution in [0.25, 0.3) is 0 Å². The summed E-state index contributed by atoms with van der Waals surface area (Å²) >= 11 is 0. The number of carbonyl (C=O) groups is 1. The quantitative estimate of drug-likeness (QED) is 0.0365. The molecule has 0 aliphatic rings. The van der Waals surface area contributed by atoms with Crippen LogP contribution in [-0.4, -0.2) is 46.1 Å². The van der Waals surface area contributed by atoms with Crippen LogP contribution in [0.4, 0.5) is 0 Å². The molecule has 5 nitrogen and oxygen atoms in total. The van der Waals surface area contributed by atoms with Gasteiger partial charge in [-0.3, -0.25) is 4.79 Å². The maximum absolute atomic E-state index is 12.5. The first-order chi connectivity index (χ1) is 27.5. The summed E-state index contributed by atoms with van der Waals surface area (Å²) in [5.74, 6) is -0.280. The van der Waals surface area contributed by atoms with Gasteiger partial charge in [0, 0.05) is 0 Å². The molecule has 0 aromatic heterocycles. The zero-order valence-electron chi connectivity index (χ0n) is 38.0. The van der Waals surface area contributed by atoms with Crippen LogP contribution in [0.3, 0.4) is 0 Å². The highest BCUT2D eigenvalue weighted by molar-refractivity contribution is 5.76. The van der Waals surface area contributed by atoms with Crippen LogP contribution in [-0.2, 0) is 4.79 Å². The second-order valence-electron chi connectivity index (χ2n) is 17.8. The van der Waals surface area contributed by atoms with E-state index in [1.165, 1.54) is 225 Å². The lowest BCUT2D eigenvalue weighted by molar-refractivity contribution is -0.125. The average Bonchev–Trinajstić information content (AvgIpc) is 3.19. The van der Waals surface area contributed by atoms with Gasteiger partial charge in [-0.15, -0.1) is 0 Å². The monoisotopic (exact) mass is 792 g/mol. The molecule has 0 bridgehead atoms. The number of aliphatic hydroxyl groups is 3. The molecular weight excluding hydrogens is 691 g/mol. The fraction of sp³-hybridized carbons (Fsp3) is 0.941. The first kappa shape index (κ1) is 55.1. The van der Waals surface area contributed by atoms with E-state index in [4.69, 9.17) is 0 Å². The summed E-state index contributed by atoms with van der Waals surface area (Å²) in [7, 11) is 0. The first-order valence-electron chi connectivity index (χ1n) is 25.5. The van der Waals surface area contributed by atoms with Crippen molar-refractivity contribution in [2.75, 3.05) is 6.61 Å². The van der Waals surface area contributed by atoms with E-state index >= 15 is 0 Å². The van der Waals surface area contributed by atoms with Gasteiger partial charge in [0.25, 0.3) is 0 Å². The molecule has 4 N–H and O–H groups in total. The molecule has 334 valence electrons. The minimum Gasteiger partial charge on any atom is -0.394 e. The Kier molecular flexibility index (Phi) is 46.0. The van der Waals surface area contributed by atoms with Crippen molar-refractivity contribution in [3.05, 3.63) is 12.2 Å². The summed E-state index contributed by atoms with van der Waals surface area (Å²) < 4.78 is 0. The van der Waals surface area contributed by atoms with Crippen LogP contribution >= 0.6 is 0 Å². The van der Waals surface area contributed by atoms with E-state index in [1.807, 2.05) is 0 Å². The highest BCUT2D eigenvalue weighted by Gasteiger charge is 2.21. The Balaban J connectivity index is 3.51. The van der Waals surface area contributed by atoms with Crippen molar-refractivity contribution >= 4 is 5.91 Å². The third-order valence-corrected chi connectivity index (χ3v) is 12.1. The standard InChI is InChI=1S/C51H101NO4/c1-3-5-7-9-11-13-15-17-19-20-21-22-23-24-25-26-27-28-29-30-31-32-34-36-38-40-42-44-48(54)46-51(56)52-49(47-53)50(55)45-43-41-39-37-35-33-18-16-14-12-10-8-6-4-2/h24-25,48-50,53-55H,3-23,26-47H2,1-2H3,(H,52,56)/b25-24-. The van der Waals surface area contributed by atoms with E-state index in [9.17, 15) is 20.1 Å². The highest BCUT2D eigenvalue weighted by atomic mass is 16.3. The molecular formula is C51H101NO4. The number of amides is 1. The predicted molar refractivity (Wildman–Crippen MR) is 245 cm³/mol. The fourth-order valence-electron chi connectivity index (χ4n) is 8.17. The number of hydrogen-bond acceptors (Lipinski definition) is 4. The number of allylic oxidation sites excluding steroid dienone is 2. The van der Waals surface area contributed by atoms with Crippen LogP contribution in [0, 0.1) is 0 Å². The summed E-state index contributed by atoms with van der Waals surface area (Å²) in [5.41, 5.74) is 0. The molecule has 0 saturated carbocycles. The van der Waals surface area contributed by atoms with E-state index in [1.54, 1.807) is 0 Å². The van der Waals surface area contributed by atoms with Gasteiger partial charge in [-0.25, -0.2) is 0 Å². The lowest BCUT2D eigenvalue weighted by Crippen LogP contribution is -2.46. The molecule has 0 saturated heterocycles. The second-order valence-corrected chi connectivity index (χ2v) is 17.8. The predicted octanol–water partition coefficient (Wildman–Crippen LogP) is 15.2. The normalized spacial score (nSPS) is 13.4. The summed E-state index contributed by atoms with van der Waals surface area (Å²) in [6, 6.07) is -0.655. The van der Waals surface area contributed by atoms with Crippen LogP contribution in [0.15, 0.2) is 12.2 Å². The van der Waals surface area contributed by atoms with Gasteiger partial charge in [0.1, 0.15) is 0 Å². The van der Waals surface area contributed by atoms with Crippen molar-refractivity contribution in [3.63, 3.8) is 0 Å². The summed E-state index contributed by atoms with van der Waals surface area (Å²) in [5, 5.41) is 33.5. The number of rotatable bonds is 47. The molecule has 0 aromatic rings. The molecule has 56 heavy (non-hydrogen) atoms. The topological polar surface area (TPSA) is 89.8 Å². The van der Waals surface area contributed by atoms with Crippen molar-refractivity contribution in [2.24, 2.45) is 0 Å². The average molecular weight is 792 g/mol. The van der Waals surface area contributed by atoms with Crippen LogP contribution in [0.2, 0.25) is 0 Å². The molecule has 0 spiro atoms. The van der Waals surface area contributed by atoms with Crippen molar-refractivity contribution in [3.8, 4) is 0 Å². The smallest absolute Gasteiger partial charge is 0.222 e. The van der Waals surface area contributed by atoms with Gasteiger partial charge in [-0.1, -0.05) is 251 Å². The molecule has 5 heteroatoms. The molecule has 0 aliphatic heterocycles. The number of hydrogen-bond donors (Lipinski definition) is 4. The lowest BCUT2D eigenvalue weighted by atomic mass is 10.0. The molecule has 0 aliphatic carbocycles. The minimum absolute atomic E-state index is 0.0395. The Labute approximate surface area is 350 Å². The zero-order valence-corrected chi connectivity index (χ0v) is 38.0. The third-order valence-electron chi connectivity index (χ3n) is 12.1. The number of unbranched alkanes of at least 4 members (excludes halogenated alkanes) is 36. The van der Waals surface area contributed by atoms with Crippen molar-refractivity contribution < 1.29 is 20.1 Å². The minimum atomic E-state index is -0.746. The number of carbonyl (C=O) groups excluding carboxylic acids is 1. The van der Waals surface area contributed by atoms with E-state index in [0.29, 0.717) is 12.8 Å². The third kappa shape index (κ3) is 42.7. The second kappa shape index (κ2) is 46.8. The van der Waals surface area contributed by atoms with Crippen LogP contribution < -0.4 is 5.32 Å². The van der Waals surface area contributed by atoms with E-state index in [0.717, 1.165) is 25.7 Å². The fourth-order valence-corrected chi connectivity index (χ4v) is 8.17. The Hall–Kier alpha value is -0.910. The van der Waals surface area contributed by atoms with Gasteiger partial charge in [-0.05, 0) is 38.5 Å². The van der Waals surface area contributed by atoms with Gasteiger partial charge >= 0.3 is 0 Å². The Bertz CT molecular complexity index is 788. The summed E-state index contributed by atoms with van der Waals surface area (Å²) in [6.07, 6.45) is 56.3. The molecule has 0 radical (unpaired) electrons. The molecule has 0 heterocycles. The first-order valence-corrected chi connectivity index (χ1v) is 25.5. The van der Waals surface area contributed by atoms with Gasteiger partial charge in [0.2, 0.25) is 5.91 Å². The SMILES string of the molecule is CCCCCCCCCCCCCC/C=C\CCCCCCCCCCCCCC(O)CC(=O)NC(CO)C(O)CCCCCCCCCCCCCCCC.